The largest absolute Gasteiger partial charge is 0.462 e. The van der Waals surface area contributed by atoms with Gasteiger partial charge in [0.25, 0.3) is 0 Å². The van der Waals surface area contributed by atoms with Crippen molar-refractivity contribution >= 4 is 21.4 Å². The van der Waals surface area contributed by atoms with E-state index in [2.05, 4.69) is 11.4 Å². The Morgan fingerprint density at radius 3 is 2.90 bits per heavy atom. The molecule has 1 N–H and O–H groups in total. The third-order valence-corrected chi connectivity index (χ3v) is 4.49. The Kier molecular flexibility index (Phi) is 4.05. The Bertz CT molecular complexity index is 750. The molecular weight excluding hydrogens is 289 g/mol. The van der Waals surface area contributed by atoms with Crippen molar-refractivity contribution in [3.63, 3.8) is 0 Å². The van der Waals surface area contributed by atoms with Gasteiger partial charge in [-0.3, -0.25) is 0 Å². The Morgan fingerprint density at radius 1 is 1.29 bits per heavy atom. The van der Waals surface area contributed by atoms with Crippen LogP contribution < -0.4 is 5.32 Å². The first-order valence-corrected chi connectivity index (χ1v) is 7.46. The van der Waals surface area contributed by atoms with Crippen molar-refractivity contribution in [1.82, 2.24) is 5.32 Å². The molecule has 0 fully saturated rings. The maximum absolute atomic E-state index is 13.3. The molecule has 0 aliphatic carbocycles. The zero-order valence-corrected chi connectivity index (χ0v) is 12.7. The molecule has 0 amide bonds. The number of hydrogen-bond acceptors (Lipinski definition) is 4. The molecule has 0 aliphatic heterocycles. The summed E-state index contributed by atoms with van der Waals surface area (Å²) in [4.78, 5) is 1.09. The smallest absolute Gasteiger partial charge is 0.129 e. The van der Waals surface area contributed by atoms with Gasteiger partial charge in [0.1, 0.15) is 30.0 Å². The summed E-state index contributed by atoms with van der Waals surface area (Å²) in [5, 5.41) is 4.29. The summed E-state index contributed by atoms with van der Waals surface area (Å²) >= 11 is 1.57. The number of benzene rings is 1. The molecule has 3 nitrogen and oxygen atoms in total. The first-order chi connectivity index (χ1) is 10.2. The minimum absolute atomic E-state index is 0.0453. The van der Waals surface area contributed by atoms with Gasteiger partial charge in [-0.05, 0) is 42.8 Å². The molecule has 0 aliphatic rings. The fourth-order valence-corrected chi connectivity index (χ4v) is 3.57. The molecule has 2 heterocycles. The van der Waals surface area contributed by atoms with Gasteiger partial charge in [0.05, 0.1) is 0 Å². The summed E-state index contributed by atoms with van der Waals surface area (Å²) in [7, 11) is 3.52. The lowest BCUT2D eigenvalue weighted by Gasteiger charge is -2.11. The van der Waals surface area contributed by atoms with Gasteiger partial charge in [-0.2, -0.15) is 0 Å². The SMILES string of the molecule is CNC(c1ccc(COC)o1)c1cc2ccc(F)cc2s1. The van der Waals surface area contributed by atoms with Crippen molar-refractivity contribution in [1.29, 1.82) is 0 Å². The Hall–Kier alpha value is -1.69. The zero-order valence-electron chi connectivity index (χ0n) is 11.9. The molecule has 21 heavy (non-hydrogen) atoms. The highest BCUT2D eigenvalue weighted by Crippen LogP contribution is 2.34. The van der Waals surface area contributed by atoms with E-state index in [-0.39, 0.29) is 11.9 Å². The molecule has 0 saturated carbocycles. The highest BCUT2D eigenvalue weighted by atomic mass is 32.1. The van der Waals surface area contributed by atoms with Crippen molar-refractivity contribution in [2.75, 3.05) is 14.2 Å². The maximum atomic E-state index is 13.3. The minimum Gasteiger partial charge on any atom is -0.462 e. The normalized spacial score (nSPS) is 12.9. The van der Waals surface area contributed by atoms with Crippen LogP contribution in [0.25, 0.3) is 10.1 Å². The Labute approximate surface area is 126 Å². The number of nitrogens with one attached hydrogen (secondary N) is 1. The molecule has 0 saturated heterocycles. The summed E-state index contributed by atoms with van der Waals surface area (Å²) in [5.41, 5.74) is 0. The summed E-state index contributed by atoms with van der Waals surface area (Å²) < 4.78 is 25.1. The lowest BCUT2D eigenvalue weighted by Crippen LogP contribution is -2.15. The summed E-state index contributed by atoms with van der Waals surface area (Å²) in [6.07, 6.45) is 0. The number of furan rings is 1. The van der Waals surface area contributed by atoms with E-state index in [0.717, 1.165) is 26.5 Å². The summed E-state index contributed by atoms with van der Waals surface area (Å²) in [6.45, 7) is 0.452. The fourth-order valence-electron chi connectivity index (χ4n) is 2.36. The number of halogens is 1. The van der Waals surface area contributed by atoms with E-state index >= 15 is 0 Å². The third kappa shape index (κ3) is 2.85. The van der Waals surface area contributed by atoms with Gasteiger partial charge in [0, 0.05) is 16.7 Å². The van der Waals surface area contributed by atoms with Crippen molar-refractivity contribution < 1.29 is 13.5 Å². The molecule has 3 aromatic rings. The van der Waals surface area contributed by atoms with Crippen LogP contribution in [0.15, 0.2) is 40.8 Å². The van der Waals surface area contributed by atoms with Crippen LogP contribution in [0.5, 0.6) is 0 Å². The second-order valence-corrected chi connectivity index (χ2v) is 5.91. The van der Waals surface area contributed by atoms with Crippen LogP contribution in [-0.4, -0.2) is 14.2 Å². The van der Waals surface area contributed by atoms with E-state index in [1.165, 1.54) is 6.07 Å². The number of ether oxygens (including phenoxy) is 1. The van der Waals surface area contributed by atoms with Crippen molar-refractivity contribution in [3.8, 4) is 0 Å². The van der Waals surface area contributed by atoms with Gasteiger partial charge < -0.3 is 14.5 Å². The van der Waals surface area contributed by atoms with E-state index < -0.39 is 0 Å². The average Bonchev–Trinajstić information content (AvgIpc) is 3.07. The molecule has 0 spiro atoms. The van der Waals surface area contributed by atoms with Crippen molar-refractivity contribution in [2.24, 2.45) is 0 Å². The number of methoxy groups -OCH3 is 1. The first-order valence-electron chi connectivity index (χ1n) is 6.65. The van der Waals surface area contributed by atoms with Crippen LogP contribution in [0.4, 0.5) is 4.39 Å². The summed E-state index contributed by atoms with van der Waals surface area (Å²) in [6, 6.07) is 10.7. The van der Waals surface area contributed by atoms with E-state index in [0.29, 0.717) is 6.61 Å². The highest BCUT2D eigenvalue weighted by molar-refractivity contribution is 7.19. The molecule has 1 atom stereocenters. The van der Waals surface area contributed by atoms with Gasteiger partial charge in [-0.15, -0.1) is 11.3 Å². The van der Waals surface area contributed by atoms with Crippen LogP contribution in [-0.2, 0) is 11.3 Å². The van der Waals surface area contributed by atoms with E-state index in [9.17, 15) is 4.39 Å². The Balaban J connectivity index is 1.96. The number of rotatable bonds is 5. The maximum Gasteiger partial charge on any atom is 0.129 e. The third-order valence-electron chi connectivity index (χ3n) is 3.33. The van der Waals surface area contributed by atoms with Gasteiger partial charge in [0.15, 0.2) is 0 Å². The van der Waals surface area contributed by atoms with E-state index in [4.69, 9.17) is 9.15 Å². The highest BCUT2D eigenvalue weighted by Gasteiger charge is 2.18. The molecule has 3 rings (SSSR count). The molecule has 1 unspecified atom stereocenters. The van der Waals surface area contributed by atoms with Gasteiger partial charge in [0.2, 0.25) is 0 Å². The second kappa shape index (κ2) is 5.97. The monoisotopic (exact) mass is 305 g/mol. The van der Waals surface area contributed by atoms with Crippen molar-refractivity contribution in [3.05, 3.63) is 58.6 Å². The zero-order chi connectivity index (χ0) is 14.8. The van der Waals surface area contributed by atoms with Crippen LogP contribution in [0, 0.1) is 5.82 Å². The molecule has 2 aromatic heterocycles. The van der Waals surface area contributed by atoms with Crippen LogP contribution in [0.3, 0.4) is 0 Å². The Morgan fingerprint density at radius 2 is 2.14 bits per heavy atom. The minimum atomic E-state index is -0.211. The molecule has 0 radical (unpaired) electrons. The van der Waals surface area contributed by atoms with Gasteiger partial charge in [-0.25, -0.2) is 4.39 Å². The van der Waals surface area contributed by atoms with Crippen molar-refractivity contribution in [2.45, 2.75) is 12.6 Å². The van der Waals surface area contributed by atoms with Crippen LogP contribution in [0.1, 0.15) is 22.4 Å². The second-order valence-electron chi connectivity index (χ2n) is 4.79. The lowest BCUT2D eigenvalue weighted by molar-refractivity contribution is 0.162. The standard InChI is InChI=1S/C16H16FNO2S/c1-18-16(13-6-5-12(20-13)9-19-2)15-7-10-3-4-11(17)8-14(10)21-15/h3-8,16,18H,9H2,1-2H3. The van der Waals surface area contributed by atoms with E-state index in [1.807, 2.05) is 19.2 Å². The quantitative estimate of drug-likeness (QED) is 0.771. The predicted molar refractivity (Wildman–Crippen MR) is 82.1 cm³/mol. The number of fused-ring (bicyclic) bond motifs is 1. The van der Waals surface area contributed by atoms with E-state index in [1.54, 1.807) is 30.6 Å². The lowest BCUT2D eigenvalue weighted by atomic mass is 10.1. The van der Waals surface area contributed by atoms with Crippen LogP contribution in [0.2, 0.25) is 0 Å². The number of thiophene rings is 1. The van der Waals surface area contributed by atoms with Crippen LogP contribution >= 0.6 is 11.3 Å². The van der Waals surface area contributed by atoms with Gasteiger partial charge in [-0.1, -0.05) is 6.07 Å². The first kappa shape index (κ1) is 14.3. The fraction of sp³-hybridized carbons (Fsp3) is 0.250. The average molecular weight is 305 g/mol. The van der Waals surface area contributed by atoms with Gasteiger partial charge >= 0.3 is 0 Å². The predicted octanol–water partition coefficient (Wildman–Crippen LogP) is 4.09. The molecule has 110 valence electrons. The molecule has 1 aromatic carbocycles. The molecular formula is C16H16FNO2S. The summed E-state index contributed by atoms with van der Waals surface area (Å²) in [5.74, 6) is 1.41. The topological polar surface area (TPSA) is 34.4 Å². The molecule has 0 bridgehead atoms. The number of hydrogen-bond donors (Lipinski definition) is 1. The molecule has 5 heteroatoms.